The fourth-order valence-corrected chi connectivity index (χ4v) is 8.49. The van der Waals surface area contributed by atoms with Crippen LogP contribution in [0, 0.1) is 17.0 Å². The molecule has 2 aromatic heterocycles. The SMILES string of the molecule is O=C(Cc1c(F)cccc1F)c1cc2c(s1)-c1ccccc1N(C(=O)c1ccc(NC(=O)c3cccnc3N3CC4(CCOCC4)C3)cc1)CC2. The number of ether oxygens (including phenoxy) is 1. The van der Waals surface area contributed by atoms with E-state index in [4.69, 9.17) is 4.74 Å². The highest BCUT2D eigenvalue weighted by Gasteiger charge is 2.45. The molecule has 2 amide bonds. The summed E-state index contributed by atoms with van der Waals surface area (Å²) in [7, 11) is 0. The zero-order chi connectivity index (χ0) is 35.1. The molecule has 1 spiro atoms. The van der Waals surface area contributed by atoms with E-state index in [1.54, 1.807) is 53.6 Å². The quantitative estimate of drug-likeness (QED) is 0.176. The third kappa shape index (κ3) is 6.32. The highest BCUT2D eigenvalue weighted by molar-refractivity contribution is 7.17. The number of benzene rings is 3. The molecule has 5 heterocycles. The van der Waals surface area contributed by atoms with Gasteiger partial charge in [-0.15, -0.1) is 11.3 Å². The number of para-hydroxylation sites is 1. The van der Waals surface area contributed by atoms with E-state index in [1.165, 1.54) is 17.4 Å². The number of carbonyl (C=O) groups excluding carboxylic acids is 3. The van der Waals surface area contributed by atoms with Gasteiger partial charge in [0.1, 0.15) is 17.5 Å². The van der Waals surface area contributed by atoms with E-state index in [-0.39, 0.29) is 35.0 Å². The zero-order valence-corrected chi connectivity index (χ0v) is 28.5. The first-order chi connectivity index (χ1) is 24.8. The molecule has 0 aliphatic carbocycles. The number of nitrogens with one attached hydrogen (secondary N) is 1. The van der Waals surface area contributed by atoms with Gasteiger partial charge in [-0.25, -0.2) is 13.8 Å². The fraction of sp³-hybridized carbons (Fsp3) is 0.250. The number of carbonyl (C=O) groups is 3. The predicted octanol–water partition coefficient (Wildman–Crippen LogP) is 7.59. The molecular weight excluding hydrogens is 671 g/mol. The number of Topliss-reactive ketones (excluding diaryl/α,β-unsaturated/α-hetero) is 1. The van der Waals surface area contributed by atoms with Crippen LogP contribution >= 0.6 is 11.3 Å². The van der Waals surface area contributed by atoms with Gasteiger partial charge in [0.25, 0.3) is 11.8 Å². The summed E-state index contributed by atoms with van der Waals surface area (Å²) in [5, 5.41) is 2.97. The van der Waals surface area contributed by atoms with E-state index in [2.05, 4.69) is 15.2 Å². The molecule has 0 radical (unpaired) electrons. The maximum atomic E-state index is 14.3. The summed E-state index contributed by atoms with van der Waals surface area (Å²) >= 11 is 1.27. The Bertz CT molecular complexity index is 2130. The van der Waals surface area contributed by atoms with E-state index < -0.39 is 11.6 Å². The molecule has 51 heavy (non-hydrogen) atoms. The number of pyridine rings is 1. The van der Waals surface area contributed by atoms with Crippen LogP contribution in [0.25, 0.3) is 10.4 Å². The summed E-state index contributed by atoms with van der Waals surface area (Å²) in [5.41, 5.74) is 3.91. The third-order valence-corrected chi connectivity index (χ3v) is 11.4. The lowest BCUT2D eigenvalue weighted by Gasteiger charge is -2.53. The van der Waals surface area contributed by atoms with Crippen LogP contribution in [0.3, 0.4) is 0 Å². The zero-order valence-electron chi connectivity index (χ0n) is 27.7. The number of ketones is 1. The van der Waals surface area contributed by atoms with Gasteiger partial charge in [-0.1, -0.05) is 24.3 Å². The van der Waals surface area contributed by atoms with Crippen molar-refractivity contribution in [3.8, 4) is 10.4 Å². The fourth-order valence-electron chi connectivity index (χ4n) is 7.30. The van der Waals surface area contributed by atoms with E-state index in [0.717, 1.165) is 67.3 Å². The van der Waals surface area contributed by atoms with Crippen LogP contribution in [0.1, 0.15) is 54.4 Å². The number of aromatic nitrogens is 1. The molecule has 0 unspecified atom stereocenters. The standard InChI is InChI=1S/C40H34F2N4O4S/c41-31-7-3-8-32(42)30(31)22-34(47)35-21-26-14-18-46(33-9-2-1-5-28(33)36(26)51-35)39(49)25-10-12-27(13-11-25)44-38(48)29-6-4-17-43-37(29)45-23-40(24-45)15-19-50-20-16-40/h1-13,17,21H,14-16,18-20,22-24H2,(H,44,48). The Labute approximate surface area is 297 Å². The maximum absolute atomic E-state index is 14.3. The Morgan fingerprint density at radius 2 is 1.65 bits per heavy atom. The lowest BCUT2D eigenvalue weighted by Crippen LogP contribution is -2.59. The summed E-state index contributed by atoms with van der Waals surface area (Å²) in [5.74, 6) is -1.65. The van der Waals surface area contributed by atoms with Crippen molar-refractivity contribution >= 4 is 46.1 Å². The summed E-state index contributed by atoms with van der Waals surface area (Å²) in [6, 6.07) is 23.3. The van der Waals surface area contributed by atoms with Crippen LogP contribution in [0.2, 0.25) is 0 Å². The van der Waals surface area contributed by atoms with E-state index in [0.29, 0.717) is 46.2 Å². The minimum Gasteiger partial charge on any atom is -0.381 e. The van der Waals surface area contributed by atoms with Gasteiger partial charge in [0, 0.05) is 78.1 Å². The number of hydrogen-bond acceptors (Lipinski definition) is 7. The molecule has 8 nitrogen and oxygen atoms in total. The van der Waals surface area contributed by atoms with Crippen molar-refractivity contribution in [1.82, 2.24) is 4.98 Å². The minimum atomic E-state index is -0.746. The number of fused-ring (bicyclic) bond motifs is 3. The molecule has 0 bridgehead atoms. The predicted molar refractivity (Wildman–Crippen MR) is 193 cm³/mol. The van der Waals surface area contributed by atoms with Crippen LogP contribution in [0.5, 0.6) is 0 Å². The van der Waals surface area contributed by atoms with E-state index in [9.17, 15) is 23.2 Å². The number of amides is 2. The molecule has 2 saturated heterocycles. The average Bonchev–Trinajstić information content (AvgIpc) is 3.50. The molecule has 258 valence electrons. The topological polar surface area (TPSA) is 91.8 Å². The van der Waals surface area contributed by atoms with Crippen molar-refractivity contribution in [2.45, 2.75) is 25.7 Å². The van der Waals surface area contributed by atoms with Gasteiger partial charge < -0.3 is 19.9 Å². The average molecular weight is 705 g/mol. The molecule has 3 aromatic carbocycles. The third-order valence-electron chi connectivity index (χ3n) is 10.1. The van der Waals surface area contributed by atoms with Crippen molar-refractivity contribution in [3.05, 3.63) is 130 Å². The summed E-state index contributed by atoms with van der Waals surface area (Å²) in [6.45, 7) is 3.62. The van der Waals surface area contributed by atoms with Crippen LogP contribution in [-0.4, -0.2) is 55.4 Å². The van der Waals surface area contributed by atoms with Crippen molar-refractivity contribution in [1.29, 1.82) is 0 Å². The number of thiophene rings is 1. The first kappa shape index (κ1) is 32.9. The van der Waals surface area contributed by atoms with E-state index in [1.807, 2.05) is 24.3 Å². The first-order valence-electron chi connectivity index (χ1n) is 17.0. The Hall–Kier alpha value is -5.26. The molecule has 0 saturated carbocycles. The number of anilines is 3. The number of hydrogen-bond donors (Lipinski definition) is 1. The van der Waals surface area contributed by atoms with Gasteiger partial charge in [0.15, 0.2) is 5.78 Å². The molecule has 0 atom stereocenters. The Morgan fingerprint density at radius 3 is 2.41 bits per heavy atom. The molecule has 1 N–H and O–H groups in total. The molecule has 11 heteroatoms. The number of nitrogens with zero attached hydrogens (tertiary/aromatic N) is 3. The maximum Gasteiger partial charge on any atom is 0.259 e. The van der Waals surface area contributed by atoms with Crippen molar-refractivity contribution in [3.63, 3.8) is 0 Å². The van der Waals surface area contributed by atoms with Gasteiger partial charge in [-0.05, 0) is 85.5 Å². The van der Waals surface area contributed by atoms with Crippen LogP contribution in [0.4, 0.5) is 26.0 Å². The lowest BCUT2D eigenvalue weighted by molar-refractivity contribution is -0.000510. The second-order valence-corrected chi connectivity index (χ2v) is 14.4. The van der Waals surface area contributed by atoms with E-state index >= 15 is 0 Å². The number of halogens is 2. The molecule has 2 fully saturated rings. The second kappa shape index (κ2) is 13.5. The minimum absolute atomic E-state index is 0.198. The largest absolute Gasteiger partial charge is 0.381 e. The summed E-state index contributed by atoms with van der Waals surface area (Å²) in [4.78, 5) is 50.3. The van der Waals surface area contributed by atoms with Crippen LogP contribution in [-0.2, 0) is 17.6 Å². The van der Waals surface area contributed by atoms with Crippen LogP contribution < -0.4 is 15.1 Å². The van der Waals surface area contributed by atoms with Gasteiger partial charge in [-0.3, -0.25) is 14.4 Å². The lowest BCUT2D eigenvalue weighted by atomic mass is 9.73. The first-order valence-corrected chi connectivity index (χ1v) is 17.8. The highest BCUT2D eigenvalue weighted by atomic mass is 32.1. The molecule has 3 aliphatic rings. The van der Waals surface area contributed by atoms with Crippen molar-refractivity contribution in [2.75, 3.05) is 48.0 Å². The summed E-state index contributed by atoms with van der Waals surface area (Å²) in [6.07, 6.45) is 3.85. The number of rotatable bonds is 7. The van der Waals surface area contributed by atoms with Crippen molar-refractivity contribution in [2.24, 2.45) is 5.41 Å². The monoisotopic (exact) mass is 704 g/mol. The molecule has 8 rings (SSSR count). The van der Waals surface area contributed by atoms with Gasteiger partial charge in [0.05, 0.1) is 16.1 Å². The normalized spacial score (nSPS) is 16.1. The Kier molecular flexibility index (Phi) is 8.69. The summed E-state index contributed by atoms with van der Waals surface area (Å²) < 4.78 is 34.1. The molecule has 5 aromatic rings. The second-order valence-electron chi connectivity index (χ2n) is 13.4. The van der Waals surface area contributed by atoms with Gasteiger partial charge in [0.2, 0.25) is 0 Å². The smallest absolute Gasteiger partial charge is 0.259 e. The Balaban J connectivity index is 0.968. The molecule has 3 aliphatic heterocycles. The molecular formula is C40H34F2N4O4S. The van der Waals surface area contributed by atoms with Crippen LogP contribution in [0.15, 0.2) is 91.1 Å². The van der Waals surface area contributed by atoms with Gasteiger partial charge in [-0.2, -0.15) is 0 Å². The highest BCUT2D eigenvalue weighted by Crippen LogP contribution is 2.43. The van der Waals surface area contributed by atoms with Crippen molar-refractivity contribution < 1.29 is 27.9 Å². The Morgan fingerprint density at radius 1 is 0.902 bits per heavy atom. The van der Waals surface area contributed by atoms with Gasteiger partial charge >= 0.3 is 0 Å².